The van der Waals surface area contributed by atoms with E-state index in [0.717, 1.165) is 19.4 Å². The lowest BCUT2D eigenvalue weighted by atomic mass is 9.99. The van der Waals surface area contributed by atoms with E-state index in [9.17, 15) is 0 Å². The Morgan fingerprint density at radius 2 is 2.06 bits per heavy atom. The van der Waals surface area contributed by atoms with Crippen molar-refractivity contribution in [3.8, 4) is 0 Å². The van der Waals surface area contributed by atoms with Crippen molar-refractivity contribution in [2.75, 3.05) is 6.54 Å². The van der Waals surface area contributed by atoms with Gasteiger partial charge in [0.05, 0.1) is 5.69 Å². The third-order valence-corrected chi connectivity index (χ3v) is 3.28. The zero-order chi connectivity index (χ0) is 12.8. The van der Waals surface area contributed by atoms with Crippen LogP contribution in [-0.2, 0) is 19.9 Å². The van der Waals surface area contributed by atoms with Gasteiger partial charge in [-0.3, -0.25) is 4.68 Å². The molecule has 1 rings (SSSR count). The quantitative estimate of drug-likeness (QED) is 0.790. The van der Waals surface area contributed by atoms with Crippen LogP contribution in [0.25, 0.3) is 0 Å². The fraction of sp³-hybridized carbons (Fsp3) is 0.786. The average molecular weight is 237 g/mol. The van der Waals surface area contributed by atoms with Crippen LogP contribution in [0.3, 0.4) is 0 Å². The van der Waals surface area contributed by atoms with E-state index in [1.807, 2.05) is 11.7 Å². The molecule has 0 aliphatic carbocycles. The molecule has 1 N–H and O–H groups in total. The van der Waals surface area contributed by atoms with Crippen LogP contribution in [0, 0.1) is 5.92 Å². The number of hydrogen-bond donors (Lipinski definition) is 1. The van der Waals surface area contributed by atoms with Crippen molar-refractivity contribution < 1.29 is 0 Å². The maximum atomic E-state index is 4.51. The Balaban J connectivity index is 2.67. The lowest BCUT2D eigenvalue weighted by Crippen LogP contribution is -2.36. The molecular weight excluding hydrogens is 210 g/mol. The highest BCUT2D eigenvalue weighted by Gasteiger charge is 2.15. The van der Waals surface area contributed by atoms with Crippen molar-refractivity contribution in [3.05, 3.63) is 17.5 Å². The van der Waals surface area contributed by atoms with Crippen LogP contribution in [0.5, 0.6) is 0 Å². The smallest absolute Gasteiger partial charge is 0.0624 e. The molecule has 1 aromatic heterocycles. The van der Waals surface area contributed by atoms with Crippen molar-refractivity contribution in [1.82, 2.24) is 15.1 Å². The van der Waals surface area contributed by atoms with Crippen LogP contribution in [0.2, 0.25) is 0 Å². The third kappa shape index (κ3) is 4.15. The summed E-state index contributed by atoms with van der Waals surface area (Å²) in [6.07, 6.45) is 3.28. The van der Waals surface area contributed by atoms with E-state index < -0.39 is 0 Å². The summed E-state index contributed by atoms with van der Waals surface area (Å²) in [5, 5.41) is 8.14. The van der Waals surface area contributed by atoms with Gasteiger partial charge in [-0.05, 0) is 31.4 Å². The van der Waals surface area contributed by atoms with Gasteiger partial charge in [-0.2, -0.15) is 5.10 Å². The first-order chi connectivity index (χ1) is 8.08. The topological polar surface area (TPSA) is 29.9 Å². The lowest BCUT2D eigenvalue weighted by molar-refractivity contribution is 0.390. The third-order valence-electron chi connectivity index (χ3n) is 3.28. The largest absolute Gasteiger partial charge is 0.313 e. The summed E-state index contributed by atoms with van der Waals surface area (Å²) in [6, 6.07) is 2.79. The van der Waals surface area contributed by atoms with Crippen molar-refractivity contribution in [2.24, 2.45) is 13.0 Å². The van der Waals surface area contributed by atoms with E-state index in [4.69, 9.17) is 0 Å². The number of aromatic nitrogens is 2. The summed E-state index contributed by atoms with van der Waals surface area (Å²) < 4.78 is 2.03. The van der Waals surface area contributed by atoms with E-state index in [2.05, 4.69) is 44.2 Å². The zero-order valence-electron chi connectivity index (χ0n) is 12.0. The minimum Gasteiger partial charge on any atom is -0.313 e. The van der Waals surface area contributed by atoms with Gasteiger partial charge >= 0.3 is 0 Å². The molecule has 0 saturated heterocycles. The van der Waals surface area contributed by atoms with Crippen molar-refractivity contribution >= 4 is 0 Å². The fourth-order valence-corrected chi connectivity index (χ4v) is 2.03. The molecule has 3 heteroatoms. The molecule has 1 atom stereocenters. The monoisotopic (exact) mass is 237 g/mol. The van der Waals surface area contributed by atoms with Gasteiger partial charge in [0.1, 0.15) is 0 Å². The molecule has 0 bridgehead atoms. The molecule has 0 aliphatic rings. The predicted octanol–water partition coefficient (Wildman–Crippen LogP) is 2.55. The fourth-order valence-electron chi connectivity index (χ4n) is 2.03. The normalized spacial score (nSPS) is 13.3. The minimum absolute atomic E-state index is 0.551. The van der Waals surface area contributed by atoms with Crippen molar-refractivity contribution in [1.29, 1.82) is 0 Å². The molecule has 3 nitrogen and oxygen atoms in total. The van der Waals surface area contributed by atoms with Crippen LogP contribution in [0.15, 0.2) is 6.07 Å². The second kappa shape index (κ2) is 6.80. The van der Waals surface area contributed by atoms with E-state index >= 15 is 0 Å². The summed E-state index contributed by atoms with van der Waals surface area (Å²) in [6.45, 7) is 10.0. The number of nitrogens with zero attached hydrogens (tertiary/aromatic N) is 2. The molecule has 0 aromatic carbocycles. The summed E-state index contributed by atoms with van der Waals surface area (Å²) in [5.41, 5.74) is 2.53. The van der Waals surface area contributed by atoms with Gasteiger partial charge in [-0.25, -0.2) is 0 Å². The molecular formula is C14H27N3. The molecule has 0 fully saturated rings. The van der Waals surface area contributed by atoms with Crippen LogP contribution in [0.1, 0.15) is 45.5 Å². The van der Waals surface area contributed by atoms with Crippen molar-refractivity contribution in [3.63, 3.8) is 0 Å². The Morgan fingerprint density at radius 1 is 1.35 bits per heavy atom. The van der Waals surface area contributed by atoms with Gasteiger partial charge in [-0.1, -0.05) is 27.7 Å². The first-order valence-corrected chi connectivity index (χ1v) is 6.83. The molecule has 1 aromatic rings. The van der Waals surface area contributed by atoms with E-state index in [1.165, 1.54) is 17.8 Å². The second-order valence-corrected chi connectivity index (χ2v) is 5.11. The maximum absolute atomic E-state index is 4.51. The van der Waals surface area contributed by atoms with Gasteiger partial charge in [-0.15, -0.1) is 0 Å². The summed E-state index contributed by atoms with van der Waals surface area (Å²) in [4.78, 5) is 0. The van der Waals surface area contributed by atoms with Crippen LogP contribution in [-0.4, -0.2) is 22.4 Å². The first-order valence-electron chi connectivity index (χ1n) is 6.83. The molecule has 0 radical (unpaired) electrons. The number of rotatable bonds is 7. The summed E-state index contributed by atoms with van der Waals surface area (Å²) in [5.74, 6) is 0.654. The minimum atomic E-state index is 0.551. The van der Waals surface area contributed by atoms with E-state index in [-0.39, 0.29) is 0 Å². The van der Waals surface area contributed by atoms with Gasteiger partial charge in [0.15, 0.2) is 0 Å². The predicted molar refractivity (Wildman–Crippen MR) is 73.2 cm³/mol. The van der Waals surface area contributed by atoms with E-state index in [0.29, 0.717) is 12.0 Å². The van der Waals surface area contributed by atoms with Gasteiger partial charge in [0, 0.05) is 25.2 Å². The molecule has 17 heavy (non-hydrogen) atoms. The first kappa shape index (κ1) is 14.2. The second-order valence-electron chi connectivity index (χ2n) is 5.11. The molecule has 0 saturated carbocycles. The van der Waals surface area contributed by atoms with Crippen LogP contribution >= 0.6 is 0 Å². The Morgan fingerprint density at radius 3 is 2.53 bits per heavy atom. The molecule has 0 amide bonds. The molecule has 98 valence electrons. The van der Waals surface area contributed by atoms with Crippen LogP contribution in [0.4, 0.5) is 0 Å². The maximum Gasteiger partial charge on any atom is 0.0624 e. The lowest BCUT2D eigenvalue weighted by Gasteiger charge is -2.22. The SMILES string of the molecule is CCCNC(Cc1cc(CC)nn1C)C(C)C. The van der Waals surface area contributed by atoms with Gasteiger partial charge in [0.2, 0.25) is 0 Å². The van der Waals surface area contributed by atoms with Gasteiger partial charge < -0.3 is 5.32 Å². The average Bonchev–Trinajstić information content (AvgIpc) is 2.65. The molecule has 1 heterocycles. The number of nitrogens with one attached hydrogen (secondary N) is 1. The molecule has 1 unspecified atom stereocenters. The Labute approximate surface area is 106 Å². The number of aryl methyl sites for hydroxylation is 2. The Bertz CT molecular complexity index is 328. The highest BCUT2D eigenvalue weighted by atomic mass is 15.3. The number of hydrogen-bond acceptors (Lipinski definition) is 2. The summed E-state index contributed by atoms with van der Waals surface area (Å²) in [7, 11) is 2.05. The molecule has 0 aliphatic heterocycles. The highest BCUT2D eigenvalue weighted by Crippen LogP contribution is 2.12. The Kier molecular flexibility index (Phi) is 5.69. The Hall–Kier alpha value is -0.830. The highest BCUT2D eigenvalue weighted by molar-refractivity contribution is 5.11. The van der Waals surface area contributed by atoms with E-state index in [1.54, 1.807) is 0 Å². The van der Waals surface area contributed by atoms with Crippen LogP contribution < -0.4 is 5.32 Å². The molecule has 0 spiro atoms. The van der Waals surface area contributed by atoms with Gasteiger partial charge in [0.25, 0.3) is 0 Å². The summed E-state index contributed by atoms with van der Waals surface area (Å²) >= 11 is 0. The standard InChI is InChI=1S/C14H27N3/c1-6-8-15-14(11(3)4)10-13-9-12(7-2)16-17(13)5/h9,11,14-15H,6-8,10H2,1-5H3. The van der Waals surface area contributed by atoms with Crippen molar-refractivity contribution in [2.45, 2.75) is 53.0 Å². The zero-order valence-corrected chi connectivity index (χ0v) is 12.0.